The maximum atomic E-state index is 11.9. The lowest BCUT2D eigenvalue weighted by Gasteiger charge is -2.04. The van der Waals surface area contributed by atoms with Gasteiger partial charge in [-0.25, -0.2) is 4.98 Å². The third-order valence-corrected chi connectivity index (χ3v) is 4.02. The van der Waals surface area contributed by atoms with E-state index in [1.165, 1.54) is 0 Å². The van der Waals surface area contributed by atoms with Gasteiger partial charge >= 0.3 is 0 Å². The number of hydrogen-bond acceptors (Lipinski definition) is 4. The van der Waals surface area contributed by atoms with Gasteiger partial charge in [-0.2, -0.15) is 0 Å². The average Bonchev–Trinajstić information content (AvgIpc) is 2.94. The molecule has 2 N–H and O–H groups in total. The molecule has 4 nitrogen and oxygen atoms in total. The van der Waals surface area contributed by atoms with Crippen LogP contribution in [0.2, 0.25) is 0 Å². The first-order valence-electron chi connectivity index (χ1n) is 7.19. The van der Waals surface area contributed by atoms with Crippen molar-refractivity contribution >= 4 is 17.2 Å². The summed E-state index contributed by atoms with van der Waals surface area (Å²) >= 11 is 1.54. The average molecular weight is 304 g/mol. The molecule has 0 saturated carbocycles. The quantitative estimate of drug-likeness (QED) is 0.772. The molecule has 5 heteroatoms. The van der Waals surface area contributed by atoms with Crippen LogP contribution >= 0.6 is 11.3 Å². The summed E-state index contributed by atoms with van der Waals surface area (Å²) < 4.78 is 0. The second-order valence-corrected chi connectivity index (χ2v) is 5.85. The van der Waals surface area contributed by atoms with Crippen LogP contribution in [0.15, 0.2) is 29.6 Å². The minimum absolute atomic E-state index is 0.0979. The van der Waals surface area contributed by atoms with E-state index in [9.17, 15) is 9.90 Å². The number of carbonyl (C=O) groups excluding carboxylic acids is 1. The molecular formula is C16H20N2O2S. The predicted molar refractivity (Wildman–Crippen MR) is 84.9 cm³/mol. The molecule has 2 rings (SSSR count). The van der Waals surface area contributed by atoms with E-state index in [2.05, 4.69) is 17.2 Å². The number of thiazole rings is 1. The van der Waals surface area contributed by atoms with Crippen LogP contribution in [-0.4, -0.2) is 22.5 Å². The Labute approximate surface area is 128 Å². The summed E-state index contributed by atoms with van der Waals surface area (Å²) in [7, 11) is 0. The van der Waals surface area contributed by atoms with Crippen LogP contribution in [0, 0.1) is 0 Å². The van der Waals surface area contributed by atoms with Gasteiger partial charge < -0.3 is 10.4 Å². The Hall–Kier alpha value is -1.88. The maximum absolute atomic E-state index is 11.9. The van der Waals surface area contributed by atoms with Crippen molar-refractivity contribution < 1.29 is 9.90 Å². The van der Waals surface area contributed by atoms with Gasteiger partial charge in [0.05, 0.1) is 5.01 Å². The molecule has 21 heavy (non-hydrogen) atoms. The van der Waals surface area contributed by atoms with Crippen molar-refractivity contribution in [3.8, 4) is 5.75 Å². The highest BCUT2D eigenvalue weighted by molar-refractivity contribution is 7.09. The first-order chi connectivity index (χ1) is 10.2. The number of carbonyl (C=O) groups is 1. The number of nitrogens with zero attached hydrogens (tertiary/aromatic N) is 1. The molecule has 0 radical (unpaired) electrons. The van der Waals surface area contributed by atoms with E-state index in [0.29, 0.717) is 12.2 Å². The van der Waals surface area contributed by atoms with Gasteiger partial charge in [-0.15, -0.1) is 11.3 Å². The van der Waals surface area contributed by atoms with E-state index in [0.717, 1.165) is 36.3 Å². The fourth-order valence-electron chi connectivity index (χ4n) is 1.99. The van der Waals surface area contributed by atoms with Crippen molar-refractivity contribution in [1.29, 1.82) is 0 Å². The Bertz CT molecular complexity index is 578. The van der Waals surface area contributed by atoms with Crippen molar-refractivity contribution in [2.75, 3.05) is 6.54 Å². The predicted octanol–water partition coefficient (Wildman–Crippen LogP) is 3.16. The minimum Gasteiger partial charge on any atom is -0.508 e. The molecule has 1 heterocycles. The van der Waals surface area contributed by atoms with Gasteiger partial charge in [0, 0.05) is 11.9 Å². The van der Waals surface area contributed by atoms with Gasteiger partial charge in [0.2, 0.25) is 0 Å². The fraction of sp³-hybridized carbons (Fsp3) is 0.375. The highest BCUT2D eigenvalue weighted by atomic mass is 32.1. The number of nitrogens with one attached hydrogen (secondary N) is 1. The van der Waals surface area contributed by atoms with Crippen molar-refractivity contribution in [3.05, 3.63) is 45.9 Å². The molecule has 0 spiro atoms. The number of hydrogen-bond donors (Lipinski definition) is 2. The molecule has 1 amide bonds. The van der Waals surface area contributed by atoms with Gasteiger partial charge in [0.15, 0.2) is 0 Å². The number of benzene rings is 1. The standard InChI is InChI=1S/C16H20N2O2S/c1-2-4-15-18-14(11-21-15)16(20)17-10-3-5-12-6-8-13(19)9-7-12/h6-9,11,19H,2-5,10H2,1H3,(H,17,20). The maximum Gasteiger partial charge on any atom is 0.270 e. The highest BCUT2D eigenvalue weighted by Crippen LogP contribution is 2.12. The Morgan fingerprint density at radius 2 is 2.05 bits per heavy atom. The topological polar surface area (TPSA) is 62.2 Å². The van der Waals surface area contributed by atoms with Crippen LogP contribution in [0.3, 0.4) is 0 Å². The highest BCUT2D eigenvalue weighted by Gasteiger charge is 2.09. The molecule has 0 bridgehead atoms. The number of aryl methyl sites for hydroxylation is 2. The van der Waals surface area contributed by atoms with Gasteiger partial charge in [-0.05, 0) is 43.4 Å². The van der Waals surface area contributed by atoms with E-state index in [-0.39, 0.29) is 11.7 Å². The van der Waals surface area contributed by atoms with Gasteiger partial charge in [-0.1, -0.05) is 19.1 Å². The van der Waals surface area contributed by atoms with Crippen LogP contribution in [0.5, 0.6) is 5.75 Å². The van der Waals surface area contributed by atoms with Crippen LogP contribution in [-0.2, 0) is 12.8 Å². The van der Waals surface area contributed by atoms with Gasteiger partial charge in [0.25, 0.3) is 5.91 Å². The molecule has 0 unspecified atom stereocenters. The fourth-order valence-corrected chi connectivity index (χ4v) is 2.87. The molecule has 112 valence electrons. The molecule has 0 fully saturated rings. The summed E-state index contributed by atoms with van der Waals surface area (Å²) in [6.45, 7) is 2.73. The van der Waals surface area contributed by atoms with Crippen molar-refractivity contribution in [2.24, 2.45) is 0 Å². The molecule has 1 aromatic carbocycles. The lowest BCUT2D eigenvalue weighted by molar-refractivity contribution is 0.0948. The zero-order chi connectivity index (χ0) is 15.1. The summed E-state index contributed by atoms with van der Waals surface area (Å²) in [5.74, 6) is 0.178. The number of rotatable bonds is 7. The van der Waals surface area contributed by atoms with Crippen molar-refractivity contribution in [3.63, 3.8) is 0 Å². The molecular weight excluding hydrogens is 284 g/mol. The third-order valence-electron chi connectivity index (χ3n) is 3.11. The van der Waals surface area contributed by atoms with Crippen LogP contribution < -0.4 is 5.32 Å². The smallest absolute Gasteiger partial charge is 0.270 e. The zero-order valence-electron chi connectivity index (χ0n) is 12.1. The van der Waals surface area contributed by atoms with E-state index in [1.54, 1.807) is 23.5 Å². The first kappa shape index (κ1) is 15.5. The third kappa shape index (κ3) is 4.86. The van der Waals surface area contributed by atoms with E-state index >= 15 is 0 Å². The zero-order valence-corrected chi connectivity index (χ0v) is 12.9. The minimum atomic E-state index is -0.0979. The lowest BCUT2D eigenvalue weighted by atomic mass is 10.1. The normalized spacial score (nSPS) is 10.5. The molecule has 0 saturated heterocycles. The van der Waals surface area contributed by atoms with Crippen molar-refractivity contribution in [1.82, 2.24) is 10.3 Å². The van der Waals surface area contributed by atoms with E-state index in [4.69, 9.17) is 0 Å². The summed E-state index contributed by atoms with van der Waals surface area (Å²) in [6.07, 6.45) is 3.71. The Morgan fingerprint density at radius 1 is 1.29 bits per heavy atom. The molecule has 1 aromatic heterocycles. The molecule has 0 aliphatic rings. The number of aromatic nitrogens is 1. The van der Waals surface area contributed by atoms with Crippen LogP contribution in [0.1, 0.15) is 40.8 Å². The monoisotopic (exact) mass is 304 g/mol. The van der Waals surface area contributed by atoms with Gasteiger partial charge in [0.1, 0.15) is 11.4 Å². The number of aromatic hydroxyl groups is 1. The number of phenols is 1. The molecule has 0 atom stereocenters. The van der Waals surface area contributed by atoms with E-state index < -0.39 is 0 Å². The SMILES string of the molecule is CCCc1nc(C(=O)NCCCc2ccc(O)cc2)cs1. The van der Waals surface area contributed by atoms with Crippen LogP contribution in [0.25, 0.3) is 0 Å². The summed E-state index contributed by atoms with van der Waals surface area (Å²) in [5, 5.41) is 14.9. The lowest BCUT2D eigenvalue weighted by Crippen LogP contribution is -2.25. The largest absolute Gasteiger partial charge is 0.508 e. The Kier molecular flexibility index (Phi) is 5.75. The Balaban J connectivity index is 1.72. The first-order valence-corrected chi connectivity index (χ1v) is 8.07. The Morgan fingerprint density at radius 3 is 2.76 bits per heavy atom. The molecule has 0 aliphatic heterocycles. The second kappa shape index (κ2) is 7.78. The second-order valence-electron chi connectivity index (χ2n) is 4.90. The number of phenolic OH excluding ortho intramolecular Hbond substituents is 1. The van der Waals surface area contributed by atoms with Crippen LogP contribution in [0.4, 0.5) is 0 Å². The summed E-state index contributed by atoms with van der Waals surface area (Å²) in [4.78, 5) is 16.2. The van der Waals surface area contributed by atoms with Gasteiger partial charge in [-0.3, -0.25) is 4.79 Å². The van der Waals surface area contributed by atoms with Crippen molar-refractivity contribution in [2.45, 2.75) is 32.6 Å². The summed E-state index contributed by atoms with van der Waals surface area (Å²) in [6, 6.07) is 7.15. The summed E-state index contributed by atoms with van der Waals surface area (Å²) in [5.41, 5.74) is 1.68. The molecule has 2 aromatic rings. The van der Waals surface area contributed by atoms with E-state index in [1.807, 2.05) is 17.5 Å². The number of amides is 1. The molecule has 0 aliphatic carbocycles.